The number of nitrogens with zero attached hydrogens (tertiary/aromatic N) is 1. The van der Waals surface area contributed by atoms with Crippen molar-refractivity contribution in [3.8, 4) is 5.75 Å². The summed E-state index contributed by atoms with van der Waals surface area (Å²) in [6.45, 7) is 3.57. The highest BCUT2D eigenvalue weighted by Crippen LogP contribution is 2.69. The lowest BCUT2D eigenvalue weighted by molar-refractivity contribution is -0.131. The van der Waals surface area contributed by atoms with Crippen molar-refractivity contribution in [2.75, 3.05) is 13.6 Å². The zero-order valence-electron chi connectivity index (χ0n) is 35.9. The van der Waals surface area contributed by atoms with Crippen LogP contribution in [0.4, 0.5) is 0 Å². The number of phenols is 1. The molecule has 0 bridgehead atoms. The third kappa shape index (κ3) is 6.24. The van der Waals surface area contributed by atoms with E-state index >= 15 is 4.79 Å². The number of carbonyl (C=O) groups is 9. The number of nitrogens with two attached hydrogens (primary N) is 8. The van der Waals surface area contributed by atoms with Crippen molar-refractivity contribution in [3.63, 3.8) is 0 Å². The fraction of sp³-hybridized carbons (Fsp3) is 0.400. The Morgan fingerprint density at radius 2 is 1.29 bits per heavy atom. The van der Waals surface area contributed by atoms with E-state index in [0.717, 1.165) is 4.90 Å². The van der Waals surface area contributed by atoms with Crippen LogP contribution in [0.2, 0.25) is 0 Å². The Morgan fingerprint density at radius 1 is 0.708 bits per heavy atom. The first-order valence-electron chi connectivity index (χ1n) is 21.1. The van der Waals surface area contributed by atoms with Gasteiger partial charge in [-0.15, -0.1) is 0 Å². The van der Waals surface area contributed by atoms with Gasteiger partial charge >= 0.3 is 0 Å². The average Bonchev–Trinajstić information content (AvgIpc) is 3.53. The second kappa shape index (κ2) is 15.7. The van der Waals surface area contributed by atoms with Crippen LogP contribution in [0.5, 0.6) is 5.75 Å². The highest BCUT2D eigenvalue weighted by atomic mass is 16.3. The van der Waals surface area contributed by atoms with Crippen molar-refractivity contribution < 1.29 is 53.4 Å². The third-order valence-electron chi connectivity index (χ3n) is 14.8. The number of aromatic hydroxyl groups is 1. The van der Waals surface area contributed by atoms with Crippen LogP contribution in [-0.2, 0) is 26.2 Å². The van der Waals surface area contributed by atoms with Gasteiger partial charge in [0.2, 0.25) is 47.3 Å². The largest absolute Gasteiger partial charge is 0.508 e. The van der Waals surface area contributed by atoms with Crippen LogP contribution in [0.15, 0.2) is 23.8 Å². The van der Waals surface area contributed by atoms with E-state index in [0.29, 0.717) is 49.7 Å². The molecule has 0 radical (unpaired) electrons. The summed E-state index contributed by atoms with van der Waals surface area (Å²) in [6, 6.07) is 4.53. The number of primary amides is 8. The quantitative estimate of drug-likeness (QED) is 0.104. The van der Waals surface area contributed by atoms with E-state index in [9.17, 15) is 48.6 Å². The van der Waals surface area contributed by atoms with Gasteiger partial charge in [-0.25, -0.2) is 0 Å². The minimum absolute atomic E-state index is 0.0187. The molecular formula is C45H51N9O11. The van der Waals surface area contributed by atoms with E-state index in [1.165, 1.54) is 19.2 Å². The minimum Gasteiger partial charge on any atom is -0.508 e. The summed E-state index contributed by atoms with van der Waals surface area (Å²) < 4.78 is 0. The van der Waals surface area contributed by atoms with Crippen molar-refractivity contribution in [1.82, 2.24) is 4.90 Å². The molecule has 2 saturated carbocycles. The lowest BCUT2D eigenvalue weighted by Gasteiger charge is -2.59. The zero-order chi connectivity index (χ0) is 48.1. The van der Waals surface area contributed by atoms with Gasteiger partial charge in [0.1, 0.15) is 11.2 Å². The first-order chi connectivity index (χ1) is 30.4. The van der Waals surface area contributed by atoms with Crippen molar-refractivity contribution in [2.24, 2.45) is 69.0 Å². The number of aryl methyl sites for hydroxylation is 1. The van der Waals surface area contributed by atoms with Crippen LogP contribution < -0.4 is 45.9 Å². The Bertz CT molecular complexity index is 2800. The SMILES string of the molecule is CCCCN(C)C(=O)c1c(C(N)=O)c(C(N)=O)c2c3c(c(C(N)=O)c(C(N)=O)c(C(N)=O)c13)C(C(N)=O)=C(C(N)=O)C2(C(N)=O)[C@H]1C[C@]2(C)[C@@H](O)CC[C@H]2[C@@H]2CCc3cc(O)ccc3[C@H]21. The van der Waals surface area contributed by atoms with Gasteiger partial charge in [0.05, 0.1) is 50.6 Å². The number of fused-ring (bicyclic) bond motifs is 5. The van der Waals surface area contributed by atoms with Gasteiger partial charge < -0.3 is 61.0 Å². The number of unbranched alkanes of at least 4 members (excludes halogenated alkanes) is 1. The van der Waals surface area contributed by atoms with Crippen LogP contribution in [0.1, 0.15) is 143 Å². The van der Waals surface area contributed by atoms with Crippen LogP contribution >= 0.6 is 0 Å². The summed E-state index contributed by atoms with van der Waals surface area (Å²) in [5.74, 6) is -16.9. The Hall–Kier alpha value is -7.35. The number of aliphatic hydroxyl groups is 1. The Balaban J connectivity index is 1.90. The molecule has 3 aromatic carbocycles. The molecule has 7 rings (SSSR count). The topological polar surface area (TPSA) is 405 Å². The predicted octanol–water partition coefficient (Wildman–Crippen LogP) is -0.484. The highest BCUT2D eigenvalue weighted by Gasteiger charge is 2.67. The summed E-state index contributed by atoms with van der Waals surface area (Å²) in [6.07, 6.45) is 1.25. The molecule has 20 nitrogen and oxygen atoms in total. The molecular weight excluding hydrogens is 843 g/mol. The Morgan fingerprint density at radius 3 is 1.82 bits per heavy atom. The standard InChI is InChI=1S/C45H51N9O11/c1-4-5-12-54(3)42(64)30-23-25-24(27(36(47)58)28(37(48)59)26(23)35(46)57)31(39(50)61)34(41(52)63)45(43(53)65,33(25)32(40(51)62)29(30)38(49)60)20-14-44(2)19(10-11-21(44)56)18-8-6-15-13-16(55)7-9-17(15)22(18)20/h7,9,13,18-22,55-56H,4-6,8,10-12,14H2,1-3H3,(H2,46,57)(H2,47,58)(H2,48,59)(H2,49,60)(H2,50,61)(H2,51,62)(H2,52,63)(H2,53,65)/t18-,19-,20-,21-,22+,44-,45?/m0/s1. The van der Waals surface area contributed by atoms with E-state index in [-0.39, 0.29) is 24.6 Å². The first kappa shape index (κ1) is 45.7. The summed E-state index contributed by atoms with van der Waals surface area (Å²) in [4.78, 5) is 131. The van der Waals surface area contributed by atoms with E-state index in [2.05, 4.69) is 0 Å². The Labute approximate surface area is 371 Å². The summed E-state index contributed by atoms with van der Waals surface area (Å²) in [7, 11) is 1.30. The van der Waals surface area contributed by atoms with Gasteiger partial charge in [-0.2, -0.15) is 0 Å². The molecule has 7 atom stereocenters. The third-order valence-corrected chi connectivity index (χ3v) is 14.8. The lowest BCUT2D eigenvalue weighted by Crippen LogP contribution is -2.61. The van der Waals surface area contributed by atoms with Gasteiger partial charge in [0, 0.05) is 24.5 Å². The molecule has 9 amide bonds. The Kier molecular flexibility index (Phi) is 11.0. The molecule has 0 aliphatic heterocycles. The number of rotatable bonds is 13. The van der Waals surface area contributed by atoms with Crippen molar-refractivity contribution >= 4 is 69.5 Å². The summed E-state index contributed by atoms with van der Waals surface area (Å²) in [5.41, 5.74) is 36.6. The molecule has 18 N–H and O–H groups in total. The predicted molar refractivity (Wildman–Crippen MR) is 232 cm³/mol. The van der Waals surface area contributed by atoms with Gasteiger partial charge in [0.25, 0.3) is 5.91 Å². The van der Waals surface area contributed by atoms with E-state index in [4.69, 9.17) is 45.9 Å². The van der Waals surface area contributed by atoms with Crippen LogP contribution in [0, 0.1) is 23.2 Å². The van der Waals surface area contributed by atoms with Crippen LogP contribution in [0.25, 0.3) is 16.3 Å². The first-order valence-corrected chi connectivity index (χ1v) is 21.1. The molecule has 0 saturated heterocycles. The zero-order valence-corrected chi connectivity index (χ0v) is 35.9. The normalized spacial score (nSPS) is 25.2. The minimum atomic E-state index is -2.99. The number of phenolic OH excluding ortho intramolecular Hbond substituents is 1. The molecule has 65 heavy (non-hydrogen) atoms. The summed E-state index contributed by atoms with van der Waals surface area (Å²) >= 11 is 0. The van der Waals surface area contributed by atoms with E-state index in [1.54, 1.807) is 13.0 Å². The number of hydrogen-bond acceptors (Lipinski definition) is 11. The molecule has 0 spiro atoms. The molecule has 0 aromatic heterocycles. The molecule has 342 valence electrons. The van der Waals surface area contributed by atoms with Crippen LogP contribution in [-0.4, -0.2) is 88.0 Å². The molecule has 0 heterocycles. The van der Waals surface area contributed by atoms with Crippen molar-refractivity contribution in [3.05, 3.63) is 79.4 Å². The fourth-order valence-electron chi connectivity index (χ4n) is 12.4. The van der Waals surface area contributed by atoms with Gasteiger partial charge in [-0.3, -0.25) is 43.2 Å². The second-order valence-electron chi connectivity index (χ2n) is 17.9. The highest BCUT2D eigenvalue weighted by molar-refractivity contribution is 6.39. The molecule has 1 unspecified atom stereocenters. The van der Waals surface area contributed by atoms with Gasteiger partial charge in [0.15, 0.2) is 0 Å². The lowest BCUT2D eigenvalue weighted by atomic mass is 9.43. The number of aliphatic hydroxyl groups excluding tert-OH is 1. The molecule has 3 aromatic rings. The maximum absolute atomic E-state index is 15.5. The number of hydrogen-bond donors (Lipinski definition) is 10. The monoisotopic (exact) mass is 893 g/mol. The average molecular weight is 894 g/mol. The summed E-state index contributed by atoms with van der Waals surface area (Å²) in [5, 5.41) is 21.0. The molecule has 2 fully saturated rings. The maximum Gasteiger partial charge on any atom is 0.255 e. The fourth-order valence-corrected chi connectivity index (χ4v) is 12.4. The van der Waals surface area contributed by atoms with Gasteiger partial charge in [-0.05, 0) is 102 Å². The van der Waals surface area contributed by atoms with Gasteiger partial charge in [-0.1, -0.05) is 26.3 Å². The van der Waals surface area contributed by atoms with Crippen molar-refractivity contribution in [1.29, 1.82) is 0 Å². The van der Waals surface area contributed by atoms with E-state index in [1.807, 2.05) is 6.92 Å². The number of carbonyl (C=O) groups excluding carboxylic acids is 9. The number of amides is 9. The number of benzene rings is 3. The molecule has 20 heteroatoms. The van der Waals surface area contributed by atoms with E-state index < -0.39 is 154 Å². The smallest absolute Gasteiger partial charge is 0.255 e. The van der Waals surface area contributed by atoms with Crippen molar-refractivity contribution in [2.45, 2.75) is 76.2 Å². The second-order valence-corrected chi connectivity index (χ2v) is 17.9. The maximum atomic E-state index is 15.5. The van der Waals surface area contributed by atoms with Crippen LogP contribution in [0.3, 0.4) is 0 Å². The molecule has 4 aliphatic carbocycles. The molecule has 4 aliphatic rings.